The lowest BCUT2D eigenvalue weighted by Crippen LogP contribution is -2.39. The average molecular weight is 332 g/mol. The zero-order chi connectivity index (χ0) is 17.2. The van der Waals surface area contributed by atoms with Crippen molar-refractivity contribution in [3.05, 3.63) is 71.5 Å². The molecule has 2 N–H and O–H groups in total. The van der Waals surface area contributed by atoms with Gasteiger partial charge < -0.3 is 9.84 Å². The Hall–Kier alpha value is -2.44. The van der Waals surface area contributed by atoms with Gasteiger partial charge in [-0.25, -0.2) is 9.18 Å². The fourth-order valence-corrected chi connectivity index (χ4v) is 2.12. The van der Waals surface area contributed by atoms with Gasteiger partial charge in [-0.1, -0.05) is 42.5 Å². The standard InChI is InChI=1S/C18H21FN2O3/c19-17-8-6-15(7-9-17)12-20-14-21(18(22)23)10-11-24-13-16-4-2-1-3-5-16/h1-9,20H,10-14H2,(H,22,23). The number of amides is 1. The van der Waals surface area contributed by atoms with Crippen molar-refractivity contribution in [2.45, 2.75) is 13.2 Å². The van der Waals surface area contributed by atoms with Gasteiger partial charge in [0.2, 0.25) is 0 Å². The van der Waals surface area contributed by atoms with Crippen molar-refractivity contribution >= 4 is 6.09 Å². The molecular formula is C18H21FN2O3. The van der Waals surface area contributed by atoms with E-state index in [1.54, 1.807) is 12.1 Å². The largest absolute Gasteiger partial charge is 0.465 e. The second-order valence-electron chi connectivity index (χ2n) is 5.30. The molecule has 0 fully saturated rings. The number of rotatable bonds is 9. The molecule has 2 aromatic carbocycles. The molecule has 2 rings (SSSR count). The molecule has 0 aliphatic heterocycles. The Labute approximate surface area is 140 Å². The summed E-state index contributed by atoms with van der Waals surface area (Å²) >= 11 is 0. The van der Waals surface area contributed by atoms with E-state index in [1.165, 1.54) is 17.0 Å². The second-order valence-corrected chi connectivity index (χ2v) is 5.30. The Bertz CT molecular complexity index is 620. The average Bonchev–Trinajstić information content (AvgIpc) is 2.59. The molecule has 1 amide bonds. The number of nitrogens with one attached hydrogen (secondary N) is 1. The zero-order valence-electron chi connectivity index (χ0n) is 13.3. The number of carboxylic acid groups (broad SMARTS) is 1. The van der Waals surface area contributed by atoms with E-state index in [0.29, 0.717) is 19.8 Å². The van der Waals surface area contributed by atoms with Crippen LogP contribution >= 0.6 is 0 Å². The molecule has 6 heteroatoms. The molecule has 0 atom stereocenters. The van der Waals surface area contributed by atoms with Gasteiger partial charge >= 0.3 is 6.09 Å². The monoisotopic (exact) mass is 332 g/mol. The summed E-state index contributed by atoms with van der Waals surface area (Å²) < 4.78 is 18.3. The van der Waals surface area contributed by atoms with Crippen LogP contribution in [0.2, 0.25) is 0 Å². The van der Waals surface area contributed by atoms with Gasteiger partial charge in [-0.3, -0.25) is 10.2 Å². The Kier molecular flexibility index (Phi) is 7.20. The molecule has 0 saturated carbocycles. The fraction of sp³-hybridized carbons (Fsp3) is 0.278. The summed E-state index contributed by atoms with van der Waals surface area (Å²) in [7, 11) is 0. The normalized spacial score (nSPS) is 10.5. The molecule has 0 spiro atoms. The van der Waals surface area contributed by atoms with Gasteiger partial charge in [-0.15, -0.1) is 0 Å². The van der Waals surface area contributed by atoms with Crippen molar-refractivity contribution in [3.63, 3.8) is 0 Å². The summed E-state index contributed by atoms with van der Waals surface area (Å²) in [6.45, 7) is 1.70. The molecule has 24 heavy (non-hydrogen) atoms. The van der Waals surface area contributed by atoms with Crippen LogP contribution in [0.3, 0.4) is 0 Å². The van der Waals surface area contributed by atoms with Crippen molar-refractivity contribution in [1.82, 2.24) is 10.2 Å². The van der Waals surface area contributed by atoms with Gasteiger partial charge in [0.1, 0.15) is 5.82 Å². The van der Waals surface area contributed by atoms with Gasteiger partial charge in [0.15, 0.2) is 0 Å². The van der Waals surface area contributed by atoms with Crippen LogP contribution in [0.5, 0.6) is 0 Å². The summed E-state index contributed by atoms with van der Waals surface area (Å²) in [6, 6.07) is 15.8. The SMILES string of the molecule is O=C(O)N(CCOCc1ccccc1)CNCc1ccc(F)cc1. The topological polar surface area (TPSA) is 61.8 Å². The van der Waals surface area contributed by atoms with E-state index in [2.05, 4.69) is 5.32 Å². The number of hydrogen-bond acceptors (Lipinski definition) is 3. The van der Waals surface area contributed by atoms with Gasteiger partial charge in [0.25, 0.3) is 0 Å². The number of carbonyl (C=O) groups is 1. The molecule has 0 radical (unpaired) electrons. The molecular weight excluding hydrogens is 311 g/mol. The molecule has 5 nitrogen and oxygen atoms in total. The van der Waals surface area contributed by atoms with Crippen LogP contribution in [-0.4, -0.2) is 35.9 Å². The lowest BCUT2D eigenvalue weighted by molar-refractivity contribution is 0.0834. The highest BCUT2D eigenvalue weighted by atomic mass is 19.1. The summed E-state index contributed by atoms with van der Waals surface area (Å²) in [5.74, 6) is -0.290. The predicted octanol–water partition coefficient (Wildman–Crippen LogP) is 3.07. The van der Waals surface area contributed by atoms with Gasteiger partial charge in [0, 0.05) is 13.1 Å². The molecule has 0 heterocycles. The van der Waals surface area contributed by atoms with E-state index in [1.807, 2.05) is 30.3 Å². The minimum atomic E-state index is -1.01. The van der Waals surface area contributed by atoms with Crippen LogP contribution in [0.15, 0.2) is 54.6 Å². The Balaban J connectivity index is 1.67. The molecule has 0 aliphatic rings. The van der Waals surface area contributed by atoms with Crippen molar-refractivity contribution in [1.29, 1.82) is 0 Å². The molecule has 128 valence electrons. The summed E-state index contributed by atoms with van der Waals surface area (Å²) in [5.41, 5.74) is 1.94. The first-order chi connectivity index (χ1) is 11.6. The van der Waals surface area contributed by atoms with Crippen molar-refractivity contribution in [3.8, 4) is 0 Å². The molecule has 0 bridgehead atoms. The van der Waals surface area contributed by atoms with Crippen LogP contribution in [-0.2, 0) is 17.9 Å². The van der Waals surface area contributed by atoms with E-state index in [4.69, 9.17) is 4.74 Å². The van der Waals surface area contributed by atoms with Crippen molar-refractivity contribution in [2.24, 2.45) is 0 Å². The summed E-state index contributed by atoms with van der Waals surface area (Å²) in [4.78, 5) is 12.5. The van der Waals surface area contributed by atoms with Crippen LogP contribution < -0.4 is 5.32 Å². The first-order valence-electron chi connectivity index (χ1n) is 7.70. The number of nitrogens with zero attached hydrogens (tertiary/aromatic N) is 1. The quantitative estimate of drug-likeness (QED) is 0.547. The minimum absolute atomic E-state index is 0.182. The molecule has 0 aliphatic carbocycles. The van der Waals surface area contributed by atoms with Crippen LogP contribution in [0.1, 0.15) is 11.1 Å². The maximum absolute atomic E-state index is 12.8. The maximum Gasteiger partial charge on any atom is 0.408 e. The van der Waals surface area contributed by atoms with E-state index in [9.17, 15) is 14.3 Å². The summed E-state index contributed by atoms with van der Waals surface area (Å²) in [5, 5.41) is 12.2. The lowest BCUT2D eigenvalue weighted by Gasteiger charge is -2.19. The van der Waals surface area contributed by atoms with E-state index < -0.39 is 6.09 Å². The fourth-order valence-electron chi connectivity index (χ4n) is 2.12. The Morgan fingerprint density at radius 1 is 1.08 bits per heavy atom. The summed E-state index contributed by atoms with van der Waals surface area (Å²) in [6.07, 6.45) is -1.01. The lowest BCUT2D eigenvalue weighted by atomic mass is 10.2. The first-order valence-corrected chi connectivity index (χ1v) is 7.70. The highest BCUT2D eigenvalue weighted by Crippen LogP contribution is 2.03. The Morgan fingerprint density at radius 3 is 2.46 bits per heavy atom. The third-order valence-electron chi connectivity index (χ3n) is 3.43. The highest BCUT2D eigenvalue weighted by Gasteiger charge is 2.10. The van der Waals surface area contributed by atoms with Crippen LogP contribution in [0.4, 0.5) is 9.18 Å². The number of halogens is 1. The van der Waals surface area contributed by atoms with E-state index >= 15 is 0 Å². The number of hydrogen-bond donors (Lipinski definition) is 2. The van der Waals surface area contributed by atoms with Gasteiger partial charge in [-0.05, 0) is 23.3 Å². The number of ether oxygens (including phenoxy) is 1. The van der Waals surface area contributed by atoms with Gasteiger partial charge in [0.05, 0.1) is 19.9 Å². The van der Waals surface area contributed by atoms with Crippen molar-refractivity contribution < 1.29 is 19.0 Å². The second kappa shape index (κ2) is 9.64. The van der Waals surface area contributed by atoms with Crippen LogP contribution in [0.25, 0.3) is 0 Å². The van der Waals surface area contributed by atoms with Crippen molar-refractivity contribution in [2.75, 3.05) is 19.8 Å². The van der Waals surface area contributed by atoms with Gasteiger partial charge in [-0.2, -0.15) is 0 Å². The van der Waals surface area contributed by atoms with Crippen LogP contribution in [0, 0.1) is 5.82 Å². The highest BCUT2D eigenvalue weighted by molar-refractivity contribution is 5.64. The first kappa shape index (κ1) is 17.9. The molecule has 0 saturated heterocycles. The maximum atomic E-state index is 12.8. The third-order valence-corrected chi connectivity index (χ3v) is 3.43. The third kappa shape index (κ3) is 6.36. The minimum Gasteiger partial charge on any atom is -0.465 e. The smallest absolute Gasteiger partial charge is 0.408 e. The molecule has 0 unspecified atom stereocenters. The zero-order valence-corrected chi connectivity index (χ0v) is 13.3. The Morgan fingerprint density at radius 2 is 1.79 bits per heavy atom. The molecule has 2 aromatic rings. The van der Waals surface area contributed by atoms with E-state index in [0.717, 1.165) is 11.1 Å². The predicted molar refractivity (Wildman–Crippen MR) is 88.9 cm³/mol. The van der Waals surface area contributed by atoms with E-state index in [-0.39, 0.29) is 19.0 Å². The number of benzene rings is 2. The molecule has 0 aromatic heterocycles.